The van der Waals surface area contributed by atoms with Crippen LogP contribution in [0.3, 0.4) is 0 Å². The third kappa shape index (κ3) is 4.23. The predicted octanol–water partition coefficient (Wildman–Crippen LogP) is 3.26. The summed E-state index contributed by atoms with van der Waals surface area (Å²) in [7, 11) is 0. The van der Waals surface area contributed by atoms with Gasteiger partial charge in [-0.1, -0.05) is 0 Å². The maximum Gasteiger partial charge on any atom is 0.319 e. The van der Waals surface area contributed by atoms with Crippen LogP contribution < -0.4 is 4.74 Å². The SMILES string of the molecule is CCOC(=O)C(C)(C)C(=O)COc1c(F)cc(F)cc1Br. The minimum Gasteiger partial charge on any atom is -0.482 e. The van der Waals surface area contributed by atoms with E-state index in [2.05, 4.69) is 15.9 Å². The summed E-state index contributed by atoms with van der Waals surface area (Å²) in [5, 5.41) is 0. The largest absolute Gasteiger partial charge is 0.482 e. The molecule has 0 aliphatic rings. The normalized spacial score (nSPS) is 11.1. The Labute approximate surface area is 129 Å². The summed E-state index contributed by atoms with van der Waals surface area (Å²) in [6.07, 6.45) is 0. The van der Waals surface area contributed by atoms with Crippen LogP contribution in [0.15, 0.2) is 16.6 Å². The molecule has 0 aromatic heterocycles. The Morgan fingerprint density at radius 2 is 1.90 bits per heavy atom. The van der Waals surface area contributed by atoms with Crippen molar-refractivity contribution in [1.29, 1.82) is 0 Å². The Bertz CT molecular complexity index is 535. The molecular weight excluding hydrogens is 350 g/mol. The molecule has 0 atom stereocenters. The van der Waals surface area contributed by atoms with Crippen LogP contribution >= 0.6 is 15.9 Å². The van der Waals surface area contributed by atoms with Crippen molar-refractivity contribution in [3.8, 4) is 5.75 Å². The number of halogens is 3. The van der Waals surface area contributed by atoms with Gasteiger partial charge in [-0.25, -0.2) is 8.78 Å². The molecule has 0 amide bonds. The molecule has 7 heteroatoms. The maximum absolute atomic E-state index is 13.5. The Hall–Kier alpha value is -1.50. The van der Waals surface area contributed by atoms with Crippen LogP contribution in [-0.2, 0) is 14.3 Å². The first-order valence-corrected chi connectivity index (χ1v) is 6.97. The van der Waals surface area contributed by atoms with Gasteiger partial charge >= 0.3 is 5.97 Å². The van der Waals surface area contributed by atoms with Crippen LogP contribution in [0.25, 0.3) is 0 Å². The third-order valence-corrected chi connectivity index (χ3v) is 3.38. The summed E-state index contributed by atoms with van der Waals surface area (Å²) >= 11 is 2.94. The molecule has 1 rings (SSSR count). The van der Waals surface area contributed by atoms with Crippen molar-refractivity contribution in [2.45, 2.75) is 20.8 Å². The Balaban J connectivity index is 2.80. The van der Waals surface area contributed by atoms with Crippen LogP contribution in [0.2, 0.25) is 0 Å². The predicted molar refractivity (Wildman–Crippen MR) is 75.0 cm³/mol. The monoisotopic (exact) mass is 364 g/mol. The average molecular weight is 365 g/mol. The van der Waals surface area contributed by atoms with Crippen LogP contribution in [-0.4, -0.2) is 25.0 Å². The second-order valence-corrected chi connectivity index (χ2v) is 5.61. The van der Waals surface area contributed by atoms with Gasteiger partial charge in [0.15, 0.2) is 17.3 Å². The van der Waals surface area contributed by atoms with E-state index >= 15 is 0 Å². The number of ether oxygens (including phenoxy) is 2. The van der Waals surface area contributed by atoms with Crippen molar-refractivity contribution in [3.05, 3.63) is 28.2 Å². The van der Waals surface area contributed by atoms with Gasteiger partial charge < -0.3 is 9.47 Å². The highest BCUT2D eigenvalue weighted by atomic mass is 79.9. The first-order chi connectivity index (χ1) is 9.70. The molecule has 116 valence electrons. The Morgan fingerprint density at radius 1 is 1.29 bits per heavy atom. The third-order valence-electron chi connectivity index (χ3n) is 2.79. The number of carbonyl (C=O) groups excluding carboxylic acids is 2. The van der Waals surface area contributed by atoms with Gasteiger partial charge in [0, 0.05) is 6.07 Å². The van der Waals surface area contributed by atoms with Gasteiger partial charge in [-0.05, 0) is 42.8 Å². The van der Waals surface area contributed by atoms with Crippen LogP contribution in [0, 0.1) is 17.0 Å². The average Bonchev–Trinajstić information content (AvgIpc) is 2.37. The number of benzene rings is 1. The van der Waals surface area contributed by atoms with Gasteiger partial charge in [0.05, 0.1) is 11.1 Å². The standard InChI is InChI=1S/C14H15BrF2O4/c1-4-20-13(19)14(2,3)11(18)7-21-12-9(15)5-8(16)6-10(12)17/h5-6H,4,7H2,1-3H3. The summed E-state index contributed by atoms with van der Waals surface area (Å²) in [5.74, 6) is -3.26. The van der Waals surface area contributed by atoms with Crippen LogP contribution in [0.5, 0.6) is 5.75 Å². The summed E-state index contributed by atoms with van der Waals surface area (Å²) in [5.41, 5.74) is -1.40. The molecule has 21 heavy (non-hydrogen) atoms. The molecular formula is C14H15BrF2O4. The molecule has 0 spiro atoms. The van der Waals surface area contributed by atoms with E-state index < -0.39 is 35.4 Å². The van der Waals surface area contributed by atoms with Crippen molar-refractivity contribution in [2.75, 3.05) is 13.2 Å². The van der Waals surface area contributed by atoms with Crippen molar-refractivity contribution in [3.63, 3.8) is 0 Å². The molecule has 0 fully saturated rings. The van der Waals surface area contributed by atoms with Crippen molar-refractivity contribution in [2.24, 2.45) is 5.41 Å². The molecule has 0 radical (unpaired) electrons. The molecule has 0 saturated carbocycles. The number of ketones is 1. The highest BCUT2D eigenvalue weighted by Crippen LogP contribution is 2.30. The van der Waals surface area contributed by atoms with E-state index in [-0.39, 0.29) is 16.8 Å². The minimum absolute atomic E-state index is 0.0433. The summed E-state index contributed by atoms with van der Waals surface area (Å²) in [6.45, 7) is 4.03. The Kier molecular flexibility index (Phi) is 5.83. The molecule has 4 nitrogen and oxygen atoms in total. The molecule has 0 aliphatic carbocycles. The maximum atomic E-state index is 13.5. The quantitative estimate of drug-likeness (QED) is 0.574. The van der Waals surface area contributed by atoms with Crippen molar-refractivity contribution in [1.82, 2.24) is 0 Å². The van der Waals surface area contributed by atoms with Crippen LogP contribution in [0.4, 0.5) is 8.78 Å². The number of rotatable bonds is 6. The van der Waals surface area contributed by atoms with Gasteiger partial charge in [-0.3, -0.25) is 9.59 Å². The fourth-order valence-corrected chi connectivity index (χ4v) is 1.93. The second-order valence-electron chi connectivity index (χ2n) is 4.76. The van der Waals surface area contributed by atoms with E-state index in [1.807, 2.05) is 0 Å². The minimum atomic E-state index is -1.40. The molecule has 0 heterocycles. The lowest BCUT2D eigenvalue weighted by atomic mass is 9.88. The lowest BCUT2D eigenvalue weighted by molar-refractivity contribution is -0.158. The topological polar surface area (TPSA) is 52.6 Å². The number of Topliss-reactive ketones (excluding diaryl/α,β-unsaturated/α-hetero) is 1. The lowest BCUT2D eigenvalue weighted by Crippen LogP contribution is -2.38. The van der Waals surface area contributed by atoms with Gasteiger partial charge in [-0.15, -0.1) is 0 Å². The molecule has 1 aromatic rings. The number of hydrogen-bond donors (Lipinski definition) is 0. The highest BCUT2D eigenvalue weighted by Gasteiger charge is 2.37. The van der Waals surface area contributed by atoms with Crippen LogP contribution in [0.1, 0.15) is 20.8 Å². The van der Waals surface area contributed by atoms with Gasteiger partial charge in [0.1, 0.15) is 17.8 Å². The van der Waals surface area contributed by atoms with Crippen molar-refractivity contribution < 1.29 is 27.8 Å². The molecule has 0 unspecified atom stereocenters. The second kappa shape index (κ2) is 6.98. The van der Waals surface area contributed by atoms with Gasteiger partial charge in [0.25, 0.3) is 0 Å². The van der Waals surface area contributed by atoms with Crippen molar-refractivity contribution >= 4 is 27.7 Å². The smallest absolute Gasteiger partial charge is 0.319 e. The molecule has 0 aliphatic heterocycles. The highest BCUT2D eigenvalue weighted by molar-refractivity contribution is 9.10. The van der Waals surface area contributed by atoms with Gasteiger partial charge in [-0.2, -0.15) is 0 Å². The Morgan fingerprint density at radius 3 is 2.43 bits per heavy atom. The first-order valence-electron chi connectivity index (χ1n) is 6.18. The van der Waals surface area contributed by atoms with E-state index in [0.717, 1.165) is 6.07 Å². The molecule has 0 N–H and O–H groups in total. The van der Waals surface area contributed by atoms with E-state index in [4.69, 9.17) is 9.47 Å². The zero-order chi connectivity index (χ0) is 16.2. The van der Waals surface area contributed by atoms with Gasteiger partial charge in [0.2, 0.25) is 0 Å². The fraction of sp³-hybridized carbons (Fsp3) is 0.429. The summed E-state index contributed by atoms with van der Waals surface area (Å²) in [4.78, 5) is 23.7. The number of hydrogen-bond acceptors (Lipinski definition) is 4. The molecule has 0 saturated heterocycles. The van der Waals surface area contributed by atoms with E-state index in [0.29, 0.717) is 6.07 Å². The zero-order valence-electron chi connectivity index (χ0n) is 11.8. The fourth-order valence-electron chi connectivity index (χ4n) is 1.41. The summed E-state index contributed by atoms with van der Waals surface area (Å²) in [6, 6.07) is 1.65. The first kappa shape index (κ1) is 17.6. The number of esters is 1. The zero-order valence-corrected chi connectivity index (χ0v) is 13.4. The van der Waals surface area contributed by atoms with E-state index in [1.54, 1.807) is 6.92 Å². The molecule has 0 bridgehead atoms. The number of carbonyl (C=O) groups is 2. The molecule has 1 aromatic carbocycles. The summed E-state index contributed by atoms with van der Waals surface area (Å²) < 4.78 is 36.4. The van der Waals surface area contributed by atoms with E-state index in [9.17, 15) is 18.4 Å². The lowest BCUT2D eigenvalue weighted by Gasteiger charge is -2.21. The van der Waals surface area contributed by atoms with E-state index in [1.165, 1.54) is 13.8 Å².